The van der Waals surface area contributed by atoms with Crippen molar-refractivity contribution in [1.29, 1.82) is 0 Å². The van der Waals surface area contributed by atoms with E-state index >= 15 is 0 Å². The number of carbonyl (C=O) groups excluding carboxylic acids is 1. The molecule has 0 saturated carbocycles. The molecule has 0 spiro atoms. The summed E-state index contributed by atoms with van der Waals surface area (Å²) in [5.74, 6) is -0.109. The molecule has 0 aliphatic rings. The summed E-state index contributed by atoms with van der Waals surface area (Å²) in [5, 5.41) is 6.19. The molecule has 1 aromatic carbocycles. The van der Waals surface area contributed by atoms with Gasteiger partial charge in [0.1, 0.15) is 0 Å². The molecule has 1 N–H and O–H groups in total. The first-order valence-electron chi connectivity index (χ1n) is 5.85. The molecule has 94 valence electrons. The standard InChI is InChI=1S/C13H16N4O/c14-17-16-11-5-4-10-15-13(18)9-8-12-6-2-1-3-7-12/h1-3,6-9H,4-5,10-11H2,(H,15,18)/b9-8-. The van der Waals surface area contributed by atoms with E-state index in [4.69, 9.17) is 5.53 Å². The third kappa shape index (κ3) is 6.35. The number of nitrogens with one attached hydrogen (secondary N) is 1. The van der Waals surface area contributed by atoms with Crippen LogP contribution in [0.2, 0.25) is 0 Å². The Morgan fingerprint density at radius 2 is 2.11 bits per heavy atom. The van der Waals surface area contributed by atoms with E-state index < -0.39 is 0 Å². The number of nitrogens with zero attached hydrogens (tertiary/aromatic N) is 3. The first-order chi connectivity index (χ1) is 8.83. The van der Waals surface area contributed by atoms with Crippen LogP contribution in [0.4, 0.5) is 0 Å². The lowest BCUT2D eigenvalue weighted by Crippen LogP contribution is -2.22. The van der Waals surface area contributed by atoms with Crippen LogP contribution < -0.4 is 5.32 Å². The van der Waals surface area contributed by atoms with Gasteiger partial charge in [-0.2, -0.15) is 0 Å². The van der Waals surface area contributed by atoms with Gasteiger partial charge in [-0.3, -0.25) is 4.79 Å². The molecule has 0 saturated heterocycles. The topological polar surface area (TPSA) is 77.9 Å². The van der Waals surface area contributed by atoms with E-state index in [2.05, 4.69) is 15.3 Å². The highest BCUT2D eigenvalue weighted by molar-refractivity contribution is 5.91. The summed E-state index contributed by atoms with van der Waals surface area (Å²) < 4.78 is 0. The van der Waals surface area contributed by atoms with Gasteiger partial charge in [-0.05, 0) is 30.0 Å². The molecule has 0 unspecified atom stereocenters. The van der Waals surface area contributed by atoms with Crippen LogP contribution in [-0.4, -0.2) is 19.0 Å². The number of hydrogen-bond acceptors (Lipinski definition) is 2. The molecule has 5 nitrogen and oxygen atoms in total. The number of hydrogen-bond donors (Lipinski definition) is 1. The van der Waals surface area contributed by atoms with Crippen molar-refractivity contribution in [2.75, 3.05) is 13.1 Å². The maximum absolute atomic E-state index is 11.4. The van der Waals surface area contributed by atoms with Crippen LogP contribution >= 0.6 is 0 Å². The van der Waals surface area contributed by atoms with Gasteiger partial charge in [-0.25, -0.2) is 0 Å². The molecule has 0 bridgehead atoms. The maximum Gasteiger partial charge on any atom is 0.243 e. The van der Waals surface area contributed by atoms with Gasteiger partial charge in [0.25, 0.3) is 0 Å². The summed E-state index contributed by atoms with van der Waals surface area (Å²) in [6.45, 7) is 1.07. The Morgan fingerprint density at radius 3 is 2.83 bits per heavy atom. The number of amides is 1. The van der Waals surface area contributed by atoms with Gasteiger partial charge in [-0.1, -0.05) is 35.4 Å². The molecule has 0 atom stereocenters. The third-order valence-electron chi connectivity index (χ3n) is 2.27. The highest BCUT2D eigenvalue weighted by Crippen LogP contribution is 2.00. The van der Waals surface area contributed by atoms with Gasteiger partial charge < -0.3 is 5.32 Å². The van der Waals surface area contributed by atoms with Crippen molar-refractivity contribution in [3.05, 3.63) is 52.4 Å². The minimum absolute atomic E-state index is 0.109. The predicted molar refractivity (Wildman–Crippen MR) is 71.7 cm³/mol. The van der Waals surface area contributed by atoms with Crippen molar-refractivity contribution in [1.82, 2.24) is 5.32 Å². The van der Waals surface area contributed by atoms with Crippen LogP contribution in [-0.2, 0) is 4.79 Å². The quantitative estimate of drug-likeness (QED) is 0.258. The van der Waals surface area contributed by atoms with Gasteiger partial charge in [0.05, 0.1) is 0 Å². The van der Waals surface area contributed by atoms with E-state index in [0.717, 1.165) is 18.4 Å². The van der Waals surface area contributed by atoms with Crippen molar-refractivity contribution in [2.45, 2.75) is 12.8 Å². The van der Waals surface area contributed by atoms with Crippen LogP contribution in [0.3, 0.4) is 0 Å². The third-order valence-corrected chi connectivity index (χ3v) is 2.27. The van der Waals surface area contributed by atoms with E-state index in [1.165, 1.54) is 6.08 Å². The molecule has 0 aliphatic heterocycles. The second-order valence-corrected chi connectivity index (χ2v) is 3.70. The van der Waals surface area contributed by atoms with Crippen molar-refractivity contribution in [3.63, 3.8) is 0 Å². The molecule has 0 aliphatic carbocycles. The Hall–Kier alpha value is -2.26. The molecular weight excluding hydrogens is 228 g/mol. The number of carbonyl (C=O) groups is 1. The lowest BCUT2D eigenvalue weighted by Gasteiger charge is -2.00. The molecule has 0 aromatic heterocycles. The normalized spacial score (nSPS) is 10.0. The Balaban J connectivity index is 2.18. The highest BCUT2D eigenvalue weighted by Gasteiger charge is 1.94. The number of unbranched alkanes of at least 4 members (excludes halogenated alkanes) is 1. The molecule has 0 radical (unpaired) electrons. The van der Waals surface area contributed by atoms with E-state index in [0.29, 0.717) is 13.1 Å². The minimum atomic E-state index is -0.109. The summed E-state index contributed by atoms with van der Waals surface area (Å²) in [4.78, 5) is 14.1. The van der Waals surface area contributed by atoms with Crippen molar-refractivity contribution < 1.29 is 4.79 Å². The predicted octanol–water partition coefficient (Wildman–Crippen LogP) is 2.91. The zero-order chi connectivity index (χ0) is 13.1. The Morgan fingerprint density at radius 1 is 1.33 bits per heavy atom. The average molecular weight is 244 g/mol. The van der Waals surface area contributed by atoms with Crippen molar-refractivity contribution >= 4 is 12.0 Å². The molecule has 0 heterocycles. The Labute approximate surface area is 106 Å². The molecule has 1 amide bonds. The summed E-state index contributed by atoms with van der Waals surface area (Å²) in [5.41, 5.74) is 9.06. The van der Waals surface area contributed by atoms with Crippen molar-refractivity contribution in [3.8, 4) is 0 Å². The summed E-state index contributed by atoms with van der Waals surface area (Å²) in [7, 11) is 0. The van der Waals surface area contributed by atoms with Gasteiger partial charge in [-0.15, -0.1) is 0 Å². The van der Waals surface area contributed by atoms with Crippen LogP contribution in [0.1, 0.15) is 18.4 Å². The first kappa shape index (κ1) is 13.8. The molecule has 1 aromatic rings. The number of azide groups is 1. The number of rotatable bonds is 7. The van der Waals surface area contributed by atoms with E-state index in [1.54, 1.807) is 6.08 Å². The second-order valence-electron chi connectivity index (χ2n) is 3.70. The lowest BCUT2D eigenvalue weighted by molar-refractivity contribution is -0.116. The fourth-order valence-corrected chi connectivity index (χ4v) is 1.36. The summed E-state index contributed by atoms with van der Waals surface area (Å²) in [6.07, 6.45) is 4.88. The molecule has 5 heteroatoms. The summed E-state index contributed by atoms with van der Waals surface area (Å²) in [6, 6.07) is 9.65. The fraction of sp³-hybridized carbons (Fsp3) is 0.308. The second kappa shape index (κ2) is 8.84. The Bertz CT molecular complexity index is 436. The summed E-state index contributed by atoms with van der Waals surface area (Å²) >= 11 is 0. The Kier molecular flexibility index (Phi) is 6.78. The largest absolute Gasteiger partial charge is 0.353 e. The van der Waals surface area contributed by atoms with Gasteiger partial charge >= 0.3 is 0 Å². The highest BCUT2D eigenvalue weighted by atomic mass is 16.1. The van der Waals surface area contributed by atoms with Crippen molar-refractivity contribution in [2.24, 2.45) is 5.11 Å². The first-order valence-corrected chi connectivity index (χ1v) is 5.85. The van der Waals surface area contributed by atoms with Gasteiger partial charge in [0.15, 0.2) is 0 Å². The van der Waals surface area contributed by atoms with Gasteiger partial charge in [0, 0.05) is 24.1 Å². The maximum atomic E-state index is 11.4. The molecule has 1 rings (SSSR count). The van der Waals surface area contributed by atoms with Crippen LogP contribution in [0.15, 0.2) is 41.5 Å². The van der Waals surface area contributed by atoms with E-state index in [-0.39, 0.29) is 5.91 Å². The average Bonchev–Trinajstić information content (AvgIpc) is 2.41. The SMILES string of the molecule is [N-]=[N+]=NCCCCNC(=O)/C=C\c1ccccc1. The smallest absolute Gasteiger partial charge is 0.243 e. The van der Waals surface area contributed by atoms with Crippen LogP contribution in [0, 0.1) is 0 Å². The van der Waals surface area contributed by atoms with Crippen LogP contribution in [0.5, 0.6) is 0 Å². The molecule has 18 heavy (non-hydrogen) atoms. The monoisotopic (exact) mass is 244 g/mol. The van der Waals surface area contributed by atoms with Gasteiger partial charge in [0.2, 0.25) is 5.91 Å². The van der Waals surface area contributed by atoms with E-state index in [9.17, 15) is 4.79 Å². The lowest BCUT2D eigenvalue weighted by atomic mass is 10.2. The minimum Gasteiger partial charge on any atom is -0.353 e. The zero-order valence-corrected chi connectivity index (χ0v) is 10.1. The zero-order valence-electron chi connectivity index (χ0n) is 10.1. The fourth-order valence-electron chi connectivity index (χ4n) is 1.36. The number of benzene rings is 1. The molecular formula is C13H16N4O. The molecule has 0 fully saturated rings. The van der Waals surface area contributed by atoms with Crippen LogP contribution in [0.25, 0.3) is 16.5 Å². The van der Waals surface area contributed by atoms with E-state index in [1.807, 2.05) is 30.3 Å².